The summed E-state index contributed by atoms with van der Waals surface area (Å²) in [5, 5.41) is 47.9. The maximum Gasteiger partial charge on any atom is 0.255 e. The van der Waals surface area contributed by atoms with Gasteiger partial charge in [-0.15, -0.1) is 0 Å². The number of primary amides is 1. The molecule has 1 fully saturated rings. The van der Waals surface area contributed by atoms with E-state index in [4.69, 9.17) is 5.73 Å². The van der Waals surface area contributed by atoms with Crippen LogP contribution in [0.5, 0.6) is 5.75 Å². The third-order valence-electron chi connectivity index (χ3n) is 8.73. The van der Waals surface area contributed by atoms with E-state index in [1.54, 1.807) is 7.05 Å². The van der Waals surface area contributed by atoms with Crippen LogP contribution in [-0.2, 0) is 20.8 Å². The highest BCUT2D eigenvalue weighted by Crippen LogP contribution is 2.53. The molecule has 0 saturated carbocycles. The number of aliphatic hydroxyl groups is 3. The fourth-order valence-electron chi connectivity index (χ4n) is 6.85. The summed E-state index contributed by atoms with van der Waals surface area (Å²) in [7, 11) is 4.64. The molecule has 2 amide bonds. The van der Waals surface area contributed by atoms with Crippen molar-refractivity contribution in [2.45, 2.75) is 43.4 Å². The molecule has 0 radical (unpaired) electrons. The number of rotatable bonds is 4. The van der Waals surface area contributed by atoms with E-state index in [-0.39, 0.29) is 30.6 Å². The van der Waals surface area contributed by atoms with Crippen LogP contribution >= 0.6 is 0 Å². The number of piperidine rings is 1. The molecule has 214 valence electrons. The maximum atomic E-state index is 15.6. The van der Waals surface area contributed by atoms with Gasteiger partial charge in [0.15, 0.2) is 17.1 Å². The van der Waals surface area contributed by atoms with Crippen molar-refractivity contribution in [2.75, 3.05) is 32.6 Å². The number of carbonyl (C=O) groups is 4. The van der Waals surface area contributed by atoms with E-state index in [0.29, 0.717) is 12.8 Å². The number of hydrogen-bond donors (Lipinski definition) is 6. The van der Waals surface area contributed by atoms with Gasteiger partial charge in [-0.25, -0.2) is 4.39 Å². The fourth-order valence-corrected chi connectivity index (χ4v) is 6.85. The molecule has 3 aliphatic carbocycles. The Balaban J connectivity index is 1.67. The normalized spacial score (nSPS) is 30.4. The van der Waals surface area contributed by atoms with Crippen LogP contribution in [0.1, 0.15) is 35.2 Å². The summed E-state index contributed by atoms with van der Waals surface area (Å²) >= 11 is 0. The predicted octanol–water partition coefficient (Wildman–Crippen LogP) is -0.0255. The number of fused-ring (bicyclic) bond motifs is 3. The molecular weight excluding hydrogens is 527 g/mol. The number of amides is 2. The van der Waals surface area contributed by atoms with Crippen molar-refractivity contribution in [3.8, 4) is 5.75 Å². The summed E-state index contributed by atoms with van der Waals surface area (Å²) < 4.78 is 15.6. The monoisotopic (exact) mass is 558 g/mol. The highest BCUT2D eigenvalue weighted by Gasteiger charge is 2.63. The molecule has 12 nitrogen and oxygen atoms in total. The number of nitrogens with one attached hydrogen (secondary N) is 1. The molecule has 1 aromatic carbocycles. The number of carbonyl (C=O) groups excluding carboxylic acids is 4. The van der Waals surface area contributed by atoms with E-state index in [1.807, 2.05) is 0 Å². The third-order valence-corrected chi connectivity index (χ3v) is 8.73. The lowest BCUT2D eigenvalue weighted by Crippen LogP contribution is -2.63. The number of phenols is 1. The van der Waals surface area contributed by atoms with Gasteiger partial charge in [0.05, 0.1) is 23.3 Å². The first-order valence-electron chi connectivity index (χ1n) is 12.9. The van der Waals surface area contributed by atoms with E-state index in [2.05, 4.69) is 5.32 Å². The van der Waals surface area contributed by atoms with Crippen LogP contribution in [0.3, 0.4) is 0 Å². The quantitative estimate of drug-likeness (QED) is 0.273. The van der Waals surface area contributed by atoms with Gasteiger partial charge in [-0.3, -0.25) is 24.1 Å². The number of aromatic hydroxyl groups is 1. The first-order valence-corrected chi connectivity index (χ1v) is 12.9. The smallest absolute Gasteiger partial charge is 0.255 e. The van der Waals surface area contributed by atoms with Gasteiger partial charge in [0, 0.05) is 29.7 Å². The zero-order chi connectivity index (χ0) is 29.4. The largest absolute Gasteiger partial charge is 0.510 e. The van der Waals surface area contributed by atoms with Crippen LogP contribution in [0.4, 0.5) is 10.1 Å². The number of hydrogen-bond acceptors (Lipinski definition) is 10. The van der Waals surface area contributed by atoms with Gasteiger partial charge >= 0.3 is 0 Å². The Morgan fingerprint density at radius 2 is 1.90 bits per heavy atom. The Morgan fingerprint density at radius 1 is 1.23 bits per heavy atom. The lowest BCUT2D eigenvalue weighted by molar-refractivity contribution is -0.148. The Labute approximate surface area is 228 Å². The minimum Gasteiger partial charge on any atom is -0.510 e. The van der Waals surface area contributed by atoms with Gasteiger partial charge in [0.2, 0.25) is 11.7 Å². The zero-order valence-electron chi connectivity index (χ0n) is 22.2. The molecule has 0 spiro atoms. The summed E-state index contributed by atoms with van der Waals surface area (Å²) in [6.45, 7) is 0.182. The molecule has 7 N–H and O–H groups in total. The molecule has 0 bridgehead atoms. The van der Waals surface area contributed by atoms with Crippen LogP contribution in [0, 0.1) is 17.7 Å². The standard InChI is InChI=1S/C27H31FN4O8/c1-30-14-5-4-6-32(26(14)39)15-9-13(28)11-7-10-8-12-19(31(2)3)22(35)18(25(29)38)24(37)27(12,40)23(36)16(10)21(34)17(11)20(15)33/h9-10,12,14,19,30,33,35-36,40H,4-8H2,1-3H3,(H2,29,38)/t10-,12-,14-,19-,27-/m0/s1. The number of ketones is 2. The van der Waals surface area contributed by atoms with Crippen LogP contribution in [0.2, 0.25) is 0 Å². The molecule has 1 saturated heterocycles. The van der Waals surface area contributed by atoms with Gasteiger partial charge in [0.25, 0.3) is 5.91 Å². The van der Waals surface area contributed by atoms with Crippen molar-refractivity contribution < 1.29 is 44.0 Å². The number of halogens is 1. The van der Waals surface area contributed by atoms with Crippen molar-refractivity contribution in [3.63, 3.8) is 0 Å². The van der Waals surface area contributed by atoms with E-state index in [1.165, 1.54) is 23.9 Å². The second-order valence-electron chi connectivity index (χ2n) is 11.0. The van der Waals surface area contributed by atoms with Gasteiger partial charge < -0.3 is 36.4 Å². The van der Waals surface area contributed by atoms with Crippen molar-refractivity contribution in [1.29, 1.82) is 0 Å². The number of Topliss-reactive ketones (excluding diaryl/α,β-unsaturated/α-hetero) is 2. The molecule has 5 atom stereocenters. The van der Waals surface area contributed by atoms with Crippen LogP contribution in [0.25, 0.3) is 0 Å². The lowest BCUT2D eigenvalue weighted by atomic mass is 9.58. The number of allylic oxidation sites excluding steroid dienone is 1. The van der Waals surface area contributed by atoms with E-state index < -0.39 is 92.7 Å². The number of aliphatic hydroxyl groups excluding tert-OH is 2. The molecule has 40 heavy (non-hydrogen) atoms. The molecule has 0 unspecified atom stereocenters. The third kappa shape index (κ3) is 3.61. The second kappa shape index (κ2) is 9.39. The van der Waals surface area contributed by atoms with Crippen molar-refractivity contribution >= 4 is 29.1 Å². The van der Waals surface area contributed by atoms with Crippen molar-refractivity contribution in [1.82, 2.24) is 10.2 Å². The minimum atomic E-state index is -2.79. The van der Waals surface area contributed by atoms with E-state index in [9.17, 15) is 39.6 Å². The Kier molecular flexibility index (Phi) is 6.51. The first kappa shape index (κ1) is 27.7. The molecule has 13 heteroatoms. The molecule has 1 aliphatic heterocycles. The zero-order valence-corrected chi connectivity index (χ0v) is 22.2. The predicted molar refractivity (Wildman–Crippen MR) is 138 cm³/mol. The molecule has 1 heterocycles. The van der Waals surface area contributed by atoms with Crippen molar-refractivity contribution in [2.24, 2.45) is 17.6 Å². The molecular formula is C27H31FN4O8. The van der Waals surface area contributed by atoms with Gasteiger partial charge in [-0.05, 0) is 52.7 Å². The van der Waals surface area contributed by atoms with E-state index >= 15 is 4.39 Å². The van der Waals surface area contributed by atoms with E-state index in [0.717, 1.165) is 6.07 Å². The highest BCUT2D eigenvalue weighted by atomic mass is 19.1. The Morgan fingerprint density at radius 3 is 2.50 bits per heavy atom. The topological polar surface area (TPSA) is 194 Å². The molecule has 4 aliphatic rings. The number of nitrogens with two attached hydrogens (primary N) is 1. The molecule has 5 rings (SSSR count). The number of likely N-dealkylation sites (N-methyl/N-ethyl adjacent to an activating group) is 2. The van der Waals surface area contributed by atoms with Crippen LogP contribution in [-0.4, -0.2) is 94.1 Å². The summed E-state index contributed by atoms with van der Waals surface area (Å²) in [6.07, 6.45) is 0.771. The maximum absolute atomic E-state index is 15.6. The minimum absolute atomic E-state index is 0.131. The average molecular weight is 559 g/mol. The Bertz CT molecular complexity index is 1440. The Hall–Kier alpha value is -3.81. The number of phenolic OH excluding ortho intramolecular Hbond substituents is 1. The van der Waals surface area contributed by atoms with Gasteiger partial charge in [0.1, 0.15) is 22.9 Å². The lowest BCUT2D eigenvalue weighted by Gasteiger charge is -2.50. The van der Waals surface area contributed by atoms with Crippen molar-refractivity contribution in [3.05, 3.63) is 45.7 Å². The molecule has 1 aromatic rings. The van der Waals surface area contributed by atoms with Gasteiger partial charge in [-0.1, -0.05) is 0 Å². The molecule has 0 aromatic heterocycles. The van der Waals surface area contributed by atoms with Crippen LogP contribution < -0.4 is 16.0 Å². The van der Waals surface area contributed by atoms with Gasteiger partial charge in [-0.2, -0.15) is 0 Å². The summed E-state index contributed by atoms with van der Waals surface area (Å²) in [6, 6.07) is -0.697. The summed E-state index contributed by atoms with van der Waals surface area (Å²) in [5.74, 6) is -9.42. The highest BCUT2D eigenvalue weighted by molar-refractivity contribution is 6.25. The number of nitrogens with zero attached hydrogens (tertiary/aromatic N) is 2. The average Bonchev–Trinajstić information content (AvgIpc) is 2.88. The SMILES string of the molecule is CN[C@H]1CCCN(c2cc(F)c3c(c2O)C(=O)C2=C(O)[C@]4(O)C(=O)C(C(N)=O)=C(O)[C@@H](N(C)C)[C@@H]4C[C@@H]2C3)C1=O. The summed E-state index contributed by atoms with van der Waals surface area (Å²) in [5.41, 5.74) is 0.420. The fraction of sp³-hybridized carbons (Fsp3) is 0.481. The second-order valence-corrected chi connectivity index (χ2v) is 11.0. The first-order chi connectivity index (χ1) is 18.8. The van der Waals surface area contributed by atoms with Crippen LogP contribution in [0.15, 0.2) is 28.7 Å². The summed E-state index contributed by atoms with van der Waals surface area (Å²) in [4.78, 5) is 54.9. The number of anilines is 1. The number of benzene rings is 1.